The summed E-state index contributed by atoms with van der Waals surface area (Å²) in [4.78, 5) is 18.5. The molecular formula is C20H19N5O2. The van der Waals surface area contributed by atoms with Gasteiger partial charge in [-0.3, -0.25) is 4.90 Å². The predicted octanol–water partition coefficient (Wildman–Crippen LogP) is 3.30. The highest BCUT2D eigenvalue weighted by atomic mass is 16.6. The Morgan fingerprint density at radius 3 is 2.78 bits per heavy atom. The van der Waals surface area contributed by atoms with Crippen LogP contribution in [0.5, 0.6) is 0 Å². The maximum atomic E-state index is 12.2. The third-order valence-corrected chi connectivity index (χ3v) is 5.30. The van der Waals surface area contributed by atoms with Crippen LogP contribution in [0.4, 0.5) is 10.5 Å². The smallest absolute Gasteiger partial charge is 0.415 e. The quantitative estimate of drug-likeness (QED) is 0.716. The summed E-state index contributed by atoms with van der Waals surface area (Å²) in [6.07, 6.45) is 5.09. The van der Waals surface area contributed by atoms with Crippen molar-refractivity contribution in [1.82, 2.24) is 20.0 Å². The lowest BCUT2D eigenvalue weighted by atomic mass is 10.0. The van der Waals surface area contributed by atoms with E-state index in [0.29, 0.717) is 0 Å². The molecular weight excluding hydrogens is 342 g/mol. The normalized spacial score (nSPS) is 20.5. The lowest BCUT2D eigenvalue weighted by Gasteiger charge is -2.15. The predicted molar refractivity (Wildman–Crippen MR) is 99.9 cm³/mol. The van der Waals surface area contributed by atoms with Gasteiger partial charge in [-0.05, 0) is 55.2 Å². The van der Waals surface area contributed by atoms with E-state index in [1.54, 1.807) is 4.68 Å². The number of carbonyl (C=O) groups is 1. The minimum absolute atomic E-state index is 0.0274. The maximum Gasteiger partial charge on any atom is 0.415 e. The third kappa shape index (κ3) is 2.50. The summed E-state index contributed by atoms with van der Waals surface area (Å²) < 4.78 is 7.13. The van der Waals surface area contributed by atoms with E-state index < -0.39 is 0 Å². The van der Waals surface area contributed by atoms with Gasteiger partial charge in [0.2, 0.25) is 0 Å². The maximum absolute atomic E-state index is 12.2. The molecule has 1 saturated heterocycles. The molecule has 136 valence electrons. The first-order valence-electron chi connectivity index (χ1n) is 9.12. The first-order chi connectivity index (χ1) is 13.1. The molecule has 2 unspecified atom stereocenters. The molecule has 0 radical (unpaired) electrons. The number of aromatic nitrogens is 4. The molecule has 0 spiro atoms. The highest BCUT2D eigenvalue weighted by Gasteiger charge is 2.46. The molecule has 2 aliphatic heterocycles. The number of anilines is 1. The number of nitrogens with zero attached hydrogens (tertiary/aromatic N) is 5. The number of rotatable bonds is 3. The first kappa shape index (κ1) is 16.0. The molecule has 2 atom stereocenters. The summed E-state index contributed by atoms with van der Waals surface area (Å²) >= 11 is 0. The second-order valence-electron chi connectivity index (χ2n) is 7.02. The highest BCUT2D eigenvalue weighted by Crippen LogP contribution is 2.41. The zero-order valence-corrected chi connectivity index (χ0v) is 15.2. The summed E-state index contributed by atoms with van der Waals surface area (Å²) in [7, 11) is 0. The molecule has 5 rings (SSSR count). The van der Waals surface area contributed by atoms with E-state index in [-0.39, 0.29) is 18.2 Å². The number of amides is 1. The van der Waals surface area contributed by atoms with Crippen LogP contribution in [-0.4, -0.2) is 38.2 Å². The van der Waals surface area contributed by atoms with Gasteiger partial charge in [0.15, 0.2) is 5.82 Å². The van der Waals surface area contributed by atoms with Gasteiger partial charge < -0.3 is 4.74 Å². The molecule has 1 fully saturated rings. The van der Waals surface area contributed by atoms with Crippen LogP contribution < -0.4 is 4.90 Å². The van der Waals surface area contributed by atoms with Gasteiger partial charge in [0.25, 0.3) is 0 Å². The fraction of sp³-hybridized carbons (Fsp3) is 0.300. The lowest BCUT2D eigenvalue weighted by Crippen LogP contribution is -2.32. The Kier molecular flexibility index (Phi) is 3.50. The molecule has 0 N–H and O–H groups in total. The van der Waals surface area contributed by atoms with Gasteiger partial charge in [0.1, 0.15) is 6.10 Å². The Balaban J connectivity index is 1.45. The molecule has 3 aromatic rings. The van der Waals surface area contributed by atoms with E-state index in [1.165, 1.54) is 5.56 Å². The summed E-state index contributed by atoms with van der Waals surface area (Å²) in [6, 6.07) is 10.3. The molecule has 27 heavy (non-hydrogen) atoms. The van der Waals surface area contributed by atoms with Crippen molar-refractivity contribution in [3.8, 4) is 16.9 Å². The van der Waals surface area contributed by atoms with E-state index in [1.807, 2.05) is 48.5 Å². The van der Waals surface area contributed by atoms with Crippen molar-refractivity contribution >= 4 is 11.8 Å². The summed E-state index contributed by atoms with van der Waals surface area (Å²) in [5, 5.41) is 8.04. The molecule has 0 saturated carbocycles. The molecule has 1 amide bonds. The van der Waals surface area contributed by atoms with E-state index >= 15 is 0 Å². The Labute approximate surface area is 156 Å². The number of hydrogen-bond acceptors (Lipinski definition) is 5. The van der Waals surface area contributed by atoms with Gasteiger partial charge in [-0.2, -0.15) is 0 Å². The lowest BCUT2D eigenvalue weighted by molar-refractivity contribution is 0.129. The van der Waals surface area contributed by atoms with Crippen LogP contribution in [0.1, 0.15) is 24.6 Å². The average Bonchev–Trinajstić information content (AvgIpc) is 3.36. The van der Waals surface area contributed by atoms with E-state index in [9.17, 15) is 4.79 Å². The first-order valence-corrected chi connectivity index (χ1v) is 9.12. The topological polar surface area (TPSA) is 73.1 Å². The fourth-order valence-electron chi connectivity index (χ4n) is 3.96. The van der Waals surface area contributed by atoms with Gasteiger partial charge in [-0.15, -0.1) is 5.10 Å². The minimum Gasteiger partial charge on any atom is -0.444 e. The van der Waals surface area contributed by atoms with E-state index in [4.69, 9.17) is 4.74 Å². The summed E-state index contributed by atoms with van der Waals surface area (Å²) in [6.45, 7) is 3.95. The largest absolute Gasteiger partial charge is 0.444 e. The van der Waals surface area contributed by atoms with Crippen LogP contribution in [-0.2, 0) is 11.2 Å². The number of cyclic esters (lactones) is 1. The number of pyridine rings is 1. The van der Waals surface area contributed by atoms with Crippen molar-refractivity contribution in [2.24, 2.45) is 0 Å². The molecule has 7 heteroatoms. The number of hydrogen-bond donors (Lipinski definition) is 0. The number of benzene rings is 1. The monoisotopic (exact) mass is 361 g/mol. The molecule has 2 aliphatic rings. The number of ether oxygens (including phenoxy) is 1. The fourth-order valence-corrected chi connectivity index (χ4v) is 3.96. The zero-order chi connectivity index (χ0) is 18.5. The van der Waals surface area contributed by atoms with Gasteiger partial charge in [-0.1, -0.05) is 18.2 Å². The Morgan fingerprint density at radius 1 is 1.22 bits per heavy atom. The van der Waals surface area contributed by atoms with Crippen molar-refractivity contribution in [2.45, 2.75) is 38.8 Å². The minimum atomic E-state index is -0.229. The molecule has 2 aromatic heterocycles. The molecule has 1 aromatic carbocycles. The van der Waals surface area contributed by atoms with E-state index in [2.05, 4.69) is 28.3 Å². The molecule has 0 bridgehead atoms. The number of fused-ring (bicyclic) bond motifs is 3. The van der Waals surface area contributed by atoms with Crippen molar-refractivity contribution < 1.29 is 9.53 Å². The second-order valence-corrected chi connectivity index (χ2v) is 7.02. The Morgan fingerprint density at radius 2 is 2.07 bits per heavy atom. The number of carbonyl (C=O) groups excluding carboxylic acids is 1. The van der Waals surface area contributed by atoms with Crippen molar-refractivity contribution in [3.63, 3.8) is 0 Å². The SMILES string of the molecule is CCC1OC(=O)N2c3ccc(-c4ccc(-n5cc(C)nn5)nc4)cc3CC12. The van der Waals surface area contributed by atoms with Gasteiger partial charge in [0, 0.05) is 11.8 Å². The molecule has 4 heterocycles. The van der Waals surface area contributed by atoms with Crippen LogP contribution in [0.2, 0.25) is 0 Å². The van der Waals surface area contributed by atoms with Crippen LogP contribution in [0.3, 0.4) is 0 Å². The van der Waals surface area contributed by atoms with Crippen molar-refractivity contribution in [1.29, 1.82) is 0 Å². The zero-order valence-electron chi connectivity index (χ0n) is 15.2. The molecule has 0 aliphatic carbocycles. The van der Waals surface area contributed by atoms with Gasteiger partial charge in [0.05, 0.1) is 23.6 Å². The summed E-state index contributed by atoms with van der Waals surface area (Å²) in [5.74, 6) is 0.731. The molecule has 7 nitrogen and oxygen atoms in total. The Hall–Kier alpha value is -3.22. The van der Waals surface area contributed by atoms with Crippen molar-refractivity contribution in [3.05, 3.63) is 54.0 Å². The summed E-state index contributed by atoms with van der Waals surface area (Å²) in [5.41, 5.74) is 5.12. The number of aryl methyl sites for hydroxylation is 1. The average molecular weight is 361 g/mol. The van der Waals surface area contributed by atoms with Crippen LogP contribution >= 0.6 is 0 Å². The van der Waals surface area contributed by atoms with Crippen LogP contribution in [0.25, 0.3) is 16.9 Å². The second kappa shape index (κ2) is 5.90. The standard InChI is InChI=1S/C20H19N5O2/c1-3-18-17-9-15-8-13(4-6-16(15)25(17)20(26)27-18)14-5-7-19(21-10-14)24-11-12(2)22-23-24/h4-8,10-11,17-18H,3,9H2,1-2H3. The van der Waals surface area contributed by atoms with Gasteiger partial charge >= 0.3 is 6.09 Å². The van der Waals surface area contributed by atoms with E-state index in [0.717, 1.165) is 41.2 Å². The van der Waals surface area contributed by atoms with Crippen LogP contribution in [0.15, 0.2) is 42.7 Å². The Bertz CT molecular complexity index is 1030. The van der Waals surface area contributed by atoms with Gasteiger partial charge in [-0.25, -0.2) is 14.5 Å². The van der Waals surface area contributed by atoms with Crippen LogP contribution in [0, 0.1) is 6.92 Å². The highest BCUT2D eigenvalue weighted by molar-refractivity contribution is 5.94. The van der Waals surface area contributed by atoms with Crippen molar-refractivity contribution in [2.75, 3.05) is 4.90 Å². The third-order valence-electron chi connectivity index (χ3n) is 5.30.